The number of carbonyl (C=O) groups excluding carboxylic acids is 5. The number of hydrogen-bond donors (Lipinski definition) is 2. The standard InChI is InChI=1S/C16H22N4O10/c1-7(21)26-6-11-14(27-8(2)22)15(28-9(3)23)13(16(30-11)29-10(4)24)19-12(25)5-18-20-17/h11,13-17H,5-6H2,1-4H3/p+1/t11-,13-,14+,15-,16?/m1/s1. The molecule has 1 rings (SSSR count). The molecule has 0 spiro atoms. The molecular weight excluding hydrogens is 408 g/mol. The predicted molar refractivity (Wildman–Crippen MR) is 92.2 cm³/mol. The molecule has 1 saturated heterocycles. The van der Waals surface area contributed by atoms with E-state index in [9.17, 15) is 24.0 Å². The molecular formula is C16H23N4O10+. The first-order valence-electron chi connectivity index (χ1n) is 8.68. The Morgan fingerprint density at radius 1 is 0.933 bits per heavy atom. The highest BCUT2D eigenvalue weighted by molar-refractivity contribution is 5.78. The Labute approximate surface area is 170 Å². The molecule has 30 heavy (non-hydrogen) atoms. The fourth-order valence-electron chi connectivity index (χ4n) is 2.65. The topological polar surface area (TPSA) is 194 Å². The van der Waals surface area contributed by atoms with Gasteiger partial charge in [-0.25, -0.2) is 0 Å². The van der Waals surface area contributed by atoms with Crippen molar-refractivity contribution in [3.05, 3.63) is 0 Å². The minimum Gasteiger partial charge on any atom is -0.463 e. The van der Waals surface area contributed by atoms with Gasteiger partial charge in [0.15, 0.2) is 12.2 Å². The van der Waals surface area contributed by atoms with E-state index in [2.05, 4.69) is 15.3 Å². The van der Waals surface area contributed by atoms with Crippen LogP contribution in [0, 0.1) is 5.53 Å². The molecule has 166 valence electrons. The normalized spacial score (nSPS) is 25.1. The minimum atomic E-state index is -1.49. The van der Waals surface area contributed by atoms with Crippen LogP contribution in [-0.4, -0.2) is 73.6 Å². The van der Waals surface area contributed by atoms with Gasteiger partial charge in [-0.3, -0.25) is 24.0 Å². The SMILES string of the molecule is CC(=O)OC[C@H]1OC(OC(C)=O)[C@H](NC(=O)CN=[N+]=N)[C@@H](OC(C)=O)[C@H]1OC(C)=O. The first-order chi connectivity index (χ1) is 14.0. The second kappa shape index (κ2) is 11.6. The van der Waals surface area contributed by atoms with Crippen LogP contribution >= 0.6 is 0 Å². The van der Waals surface area contributed by atoms with Gasteiger partial charge in [-0.05, 0) is 0 Å². The lowest BCUT2D eigenvalue weighted by molar-refractivity contribution is -0.271. The second-order valence-corrected chi connectivity index (χ2v) is 6.10. The van der Waals surface area contributed by atoms with Gasteiger partial charge in [-0.1, -0.05) is 0 Å². The van der Waals surface area contributed by atoms with Crippen LogP contribution in [-0.2, 0) is 47.7 Å². The zero-order chi connectivity index (χ0) is 22.8. The monoisotopic (exact) mass is 431 g/mol. The molecule has 0 aromatic rings. The Morgan fingerprint density at radius 2 is 1.50 bits per heavy atom. The van der Waals surface area contributed by atoms with Gasteiger partial charge in [0, 0.05) is 27.7 Å². The second-order valence-electron chi connectivity index (χ2n) is 6.10. The van der Waals surface area contributed by atoms with E-state index >= 15 is 0 Å². The van der Waals surface area contributed by atoms with E-state index in [1.54, 1.807) is 0 Å². The fraction of sp³-hybridized carbons (Fsp3) is 0.688. The highest BCUT2D eigenvalue weighted by Gasteiger charge is 2.52. The third kappa shape index (κ3) is 7.93. The number of carbonyl (C=O) groups is 5. The van der Waals surface area contributed by atoms with Crippen LogP contribution in [0.2, 0.25) is 0 Å². The average Bonchev–Trinajstić information content (AvgIpc) is 2.62. The van der Waals surface area contributed by atoms with Crippen molar-refractivity contribution >= 4 is 29.8 Å². The molecule has 1 unspecified atom stereocenters. The average molecular weight is 431 g/mol. The highest BCUT2D eigenvalue weighted by atomic mass is 16.7. The predicted octanol–water partition coefficient (Wildman–Crippen LogP) is -1.26. The van der Waals surface area contributed by atoms with Crippen LogP contribution in [0.4, 0.5) is 0 Å². The molecule has 1 aliphatic heterocycles. The fourth-order valence-corrected chi connectivity index (χ4v) is 2.65. The van der Waals surface area contributed by atoms with Gasteiger partial charge in [-0.2, -0.15) is 0 Å². The lowest BCUT2D eigenvalue weighted by Crippen LogP contribution is -2.67. The van der Waals surface area contributed by atoms with Crippen molar-refractivity contribution < 1.29 is 47.7 Å². The summed E-state index contributed by atoms with van der Waals surface area (Å²) in [5.41, 5.74) is 6.61. The maximum absolute atomic E-state index is 12.1. The first kappa shape index (κ1) is 24.7. The minimum absolute atomic E-state index is 0.420. The summed E-state index contributed by atoms with van der Waals surface area (Å²) in [6.07, 6.45) is -5.37. The number of hydrogen-bond acceptors (Lipinski definition) is 12. The van der Waals surface area contributed by atoms with Gasteiger partial charge < -0.3 is 29.0 Å². The largest absolute Gasteiger partial charge is 0.463 e. The molecule has 0 aromatic heterocycles. The van der Waals surface area contributed by atoms with Gasteiger partial charge in [0.2, 0.25) is 23.7 Å². The summed E-state index contributed by atoms with van der Waals surface area (Å²) in [5, 5.41) is 5.62. The van der Waals surface area contributed by atoms with Crippen molar-refractivity contribution in [2.75, 3.05) is 13.2 Å². The summed E-state index contributed by atoms with van der Waals surface area (Å²) < 4.78 is 26.0. The molecule has 1 heterocycles. The maximum atomic E-state index is 12.1. The molecule has 0 saturated carbocycles. The zero-order valence-electron chi connectivity index (χ0n) is 16.8. The summed E-state index contributed by atoms with van der Waals surface area (Å²) in [6.45, 7) is 3.42. The van der Waals surface area contributed by atoms with Crippen LogP contribution < -0.4 is 10.2 Å². The Morgan fingerprint density at radius 3 is 2.00 bits per heavy atom. The summed E-state index contributed by atoms with van der Waals surface area (Å²) in [5.74, 6) is -3.79. The van der Waals surface area contributed by atoms with Crippen LogP contribution in [0.1, 0.15) is 27.7 Å². The van der Waals surface area contributed by atoms with Crippen molar-refractivity contribution in [1.82, 2.24) is 10.2 Å². The van der Waals surface area contributed by atoms with Gasteiger partial charge in [0.25, 0.3) is 0 Å². The molecule has 14 nitrogen and oxygen atoms in total. The number of nitrogens with zero attached hydrogens (tertiary/aromatic N) is 2. The van der Waals surface area contributed by atoms with E-state index in [-0.39, 0.29) is 0 Å². The van der Waals surface area contributed by atoms with E-state index in [4.69, 9.17) is 29.2 Å². The molecule has 2 N–H and O–H groups in total. The molecule has 1 aliphatic rings. The Balaban J connectivity index is 3.33. The molecule has 1 fully saturated rings. The zero-order valence-corrected chi connectivity index (χ0v) is 16.8. The molecule has 0 aliphatic carbocycles. The van der Waals surface area contributed by atoms with Crippen molar-refractivity contribution in [1.29, 1.82) is 5.53 Å². The van der Waals surface area contributed by atoms with E-state index in [1.807, 2.05) is 0 Å². The number of nitrogens with one attached hydrogen (secondary N) is 2. The Kier molecular flexibility index (Phi) is 9.52. The Bertz CT molecular complexity index is 736. The first-order valence-corrected chi connectivity index (χ1v) is 8.68. The molecule has 0 radical (unpaired) electrons. The van der Waals surface area contributed by atoms with Gasteiger partial charge in [-0.15, -0.1) is 0 Å². The third-order valence-corrected chi connectivity index (χ3v) is 3.60. The quantitative estimate of drug-likeness (QED) is 0.203. The van der Waals surface area contributed by atoms with Crippen molar-refractivity contribution in [2.24, 2.45) is 5.11 Å². The summed E-state index contributed by atoms with van der Waals surface area (Å²) in [4.78, 5) is 60.8. The van der Waals surface area contributed by atoms with E-state index < -0.39 is 73.6 Å². The summed E-state index contributed by atoms with van der Waals surface area (Å²) in [7, 11) is 0. The van der Waals surface area contributed by atoms with Crippen molar-refractivity contribution in [3.63, 3.8) is 0 Å². The van der Waals surface area contributed by atoms with Crippen molar-refractivity contribution in [2.45, 2.75) is 58.3 Å². The van der Waals surface area contributed by atoms with Crippen LogP contribution in [0.15, 0.2) is 5.11 Å². The van der Waals surface area contributed by atoms with Gasteiger partial charge >= 0.3 is 23.9 Å². The van der Waals surface area contributed by atoms with Gasteiger partial charge in [0.1, 0.15) is 29.4 Å². The number of amides is 1. The lowest BCUT2D eigenvalue weighted by Gasteiger charge is -2.44. The molecule has 0 aromatic carbocycles. The van der Waals surface area contributed by atoms with Crippen LogP contribution in [0.5, 0.6) is 0 Å². The number of rotatable bonds is 8. The Hall–Kier alpha value is -3.38. The summed E-state index contributed by atoms with van der Waals surface area (Å²) >= 11 is 0. The molecule has 0 bridgehead atoms. The van der Waals surface area contributed by atoms with Crippen LogP contribution in [0.25, 0.3) is 0 Å². The van der Waals surface area contributed by atoms with E-state index in [0.717, 1.165) is 27.7 Å². The highest BCUT2D eigenvalue weighted by Crippen LogP contribution is 2.28. The maximum Gasteiger partial charge on any atom is 0.305 e. The van der Waals surface area contributed by atoms with Crippen molar-refractivity contribution in [3.8, 4) is 0 Å². The number of esters is 4. The molecule has 1 amide bonds. The lowest BCUT2D eigenvalue weighted by atomic mass is 9.96. The molecule has 5 atom stereocenters. The van der Waals surface area contributed by atoms with E-state index in [1.165, 1.54) is 0 Å². The third-order valence-electron chi connectivity index (χ3n) is 3.60. The van der Waals surface area contributed by atoms with Gasteiger partial charge in [0.05, 0.1) is 0 Å². The summed E-state index contributed by atoms with van der Waals surface area (Å²) in [6, 6.07) is -1.32. The number of ether oxygens (including phenoxy) is 5. The smallest absolute Gasteiger partial charge is 0.305 e. The van der Waals surface area contributed by atoms with Crippen LogP contribution in [0.3, 0.4) is 0 Å². The van der Waals surface area contributed by atoms with E-state index in [0.29, 0.717) is 0 Å². The molecule has 14 heteroatoms.